The molecule has 1 aromatic heterocycles. The van der Waals surface area contributed by atoms with Gasteiger partial charge in [-0.25, -0.2) is 14.5 Å². The number of hydrogen-bond acceptors (Lipinski definition) is 6. The Kier molecular flexibility index (Phi) is 6.66. The van der Waals surface area contributed by atoms with Gasteiger partial charge < -0.3 is 20.1 Å². The van der Waals surface area contributed by atoms with Gasteiger partial charge in [-0.3, -0.25) is 0 Å². The minimum atomic E-state index is -1.03. The van der Waals surface area contributed by atoms with Crippen LogP contribution in [0.3, 0.4) is 0 Å². The van der Waals surface area contributed by atoms with E-state index in [1.54, 1.807) is 54.6 Å². The highest BCUT2D eigenvalue weighted by molar-refractivity contribution is 5.87. The number of hydrogen-bond donors (Lipinski definition) is 3. The van der Waals surface area contributed by atoms with Crippen LogP contribution in [0.25, 0.3) is 28.5 Å². The van der Waals surface area contributed by atoms with Crippen molar-refractivity contribution < 1.29 is 24.9 Å². The number of aromatic nitrogens is 3. The molecule has 2 heterocycles. The predicted molar refractivity (Wildman–Crippen MR) is 123 cm³/mol. The quantitative estimate of drug-likeness (QED) is 0.423. The van der Waals surface area contributed by atoms with Crippen molar-refractivity contribution in [3.63, 3.8) is 0 Å². The number of aromatic hydroxyl groups is 2. The molecule has 0 radical (unpaired) electrons. The Bertz CT molecular complexity index is 1240. The van der Waals surface area contributed by atoms with E-state index in [1.165, 1.54) is 35.7 Å². The van der Waals surface area contributed by atoms with E-state index >= 15 is 0 Å². The van der Waals surface area contributed by atoms with Crippen molar-refractivity contribution in [1.29, 1.82) is 0 Å². The molecule has 3 aromatic carbocycles. The maximum absolute atomic E-state index is 11.1. The number of carboxylic acid groups (broad SMARTS) is 1. The van der Waals surface area contributed by atoms with Gasteiger partial charge in [0.1, 0.15) is 11.5 Å². The van der Waals surface area contributed by atoms with Gasteiger partial charge in [0.2, 0.25) is 0 Å². The van der Waals surface area contributed by atoms with E-state index in [1.807, 2.05) is 0 Å². The summed E-state index contributed by atoms with van der Waals surface area (Å²) < 4.78 is 6.45. The van der Waals surface area contributed by atoms with E-state index in [9.17, 15) is 15.0 Å². The Morgan fingerprint density at radius 2 is 1.39 bits per heavy atom. The first-order valence-corrected chi connectivity index (χ1v) is 10.5. The van der Waals surface area contributed by atoms with Crippen LogP contribution < -0.4 is 0 Å². The molecule has 0 bridgehead atoms. The number of benzene rings is 3. The van der Waals surface area contributed by atoms with Gasteiger partial charge in [0.15, 0.2) is 11.6 Å². The number of aromatic carboxylic acids is 1. The third kappa shape index (κ3) is 5.02. The molecule has 5 rings (SSSR count). The lowest BCUT2D eigenvalue weighted by atomic mass is 10.1. The fourth-order valence-electron chi connectivity index (χ4n) is 3.36. The van der Waals surface area contributed by atoms with Crippen molar-refractivity contribution >= 4 is 5.97 Å². The SMILES string of the molecule is C1CCOC1.O=C(O)c1ccc(-n2nc(-c3ccccc3O)nc2-c2ccccc2O)cc1. The second kappa shape index (κ2) is 9.97. The number of para-hydroxylation sites is 2. The van der Waals surface area contributed by atoms with Crippen molar-refractivity contribution in [3.8, 4) is 40.0 Å². The first kappa shape index (κ1) is 22.0. The van der Waals surface area contributed by atoms with Crippen molar-refractivity contribution in [2.24, 2.45) is 0 Å². The maximum Gasteiger partial charge on any atom is 0.335 e. The third-order valence-corrected chi connectivity index (χ3v) is 5.08. The van der Waals surface area contributed by atoms with Crippen molar-refractivity contribution in [2.75, 3.05) is 13.2 Å². The standard InChI is InChI=1S/C21H15N3O4.C4H8O/c25-17-7-3-1-5-15(17)19-22-20(16-6-2-4-8-18(16)26)24(23-19)14-11-9-13(10-12-14)21(27)28;1-2-4-5-3-1/h1-12,25-26H,(H,27,28);1-4H2. The maximum atomic E-state index is 11.1. The van der Waals surface area contributed by atoms with E-state index in [2.05, 4.69) is 10.1 Å². The van der Waals surface area contributed by atoms with Gasteiger partial charge in [-0.2, -0.15) is 0 Å². The molecule has 0 unspecified atom stereocenters. The summed E-state index contributed by atoms with van der Waals surface area (Å²) in [6.07, 6.45) is 2.56. The number of phenolic OH excluding ortho intramolecular Hbond substituents is 2. The van der Waals surface area contributed by atoms with E-state index < -0.39 is 5.97 Å². The molecule has 8 nitrogen and oxygen atoms in total. The summed E-state index contributed by atoms with van der Waals surface area (Å²) in [5, 5.41) is 34.0. The van der Waals surface area contributed by atoms with Crippen LogP contribution in [0.4, 0.5) is 0 Å². The van der Waals surface area contributed by atoms with Crippen LogP contribution >= 0.6 is 0 Å². The first-order valence-electron chi connectivity index (χ1n) is 10.5. The molecule has 168 valence electrons. The van der Waals surface area contributed by atoms with Crippen LogP contribution in [0.1, 0.15) is 23.2 Å². The second-order valence-corrected chi connectivity index (χ2v) is 7.38. The summed E-state index contributed by atoms with van der Waals surface area (Å²) in [7, 11) is 0. The van der Waals surface area contributed by atoms with Gasteiger partial charge in [-0.05, 0) is 61.4 Å². The Morgan fingerprint density at radius 1 is 0.818 bits per heavy atom. The smallest absolute Gasteiger partial charge is 0.335 e. The zero-order valence-corrected chi connectivity index (χ0v) is 17.8. The summed E-state index contributed by atoms with van der Waals surface area (Å²) in [6, 6.07) is 19.5. The topological polar surface area (TPSA) is 118 Å². The van der Waals surface area contributed by atoms with E-state index in [4.69, 9.17) is 9.84 Å². The largest absolute Gasteiger partial charge is 0.507 e. The lowest BCUT2D eigenvalue weighted by Crippen LogP contribution is -2.02. The highest BCUT2D eigenvalue weighted by atomic mass is 16.5. The molecule has 0 amide bonds. The zero-order valence-electron chi connectivity index (χ0n) is 17.8. The van der Waals surface area contributed by atoms with Crippen LogP contribution in [0, 0.1) is 0 Å². The van der Waals surface area contributed by atoms with E-state index in [-0.39, 0.29) is 22.9 Å². The van der Waals surface area contributed by atoms with Gasteiger partial charge in [-0.15, -0.1) is 5.10 Å². The van der Waals surface area contributed by atoms with Gasteiger partial charge in [0, 0.05) is 13.2 Å². The van der Waals surface area contributed by atoms with Gasteiger partial charge in [0.25, 0.3) is 0 Å². The molecule has 1 fully saturated rings. The monoisotopic (exact) mass is 445 g/mol. The molecule has 0 aliphatic carbocycles. The molecule has 1 aliphatic heterocycles. The second-order valence-electron chi connectivity index (χ2n) is 7.38. The Labute approximate surface area is 190 Å². The Hall–Kier alpha value is -4.17. The molecule has 3 N–H and O–H groups in total. The van der Waals surface area contributed by atoms with Gasteiger partial charge >= 0.3 is 5.97 Å². The minimum Gasteiger partial charge on any atom is -0.507 e. The van der Waals surface area contributed by atoms with Crippen LogP contribution in [-0.2, 0) is 4.74 Å². The van der Waals surface area contributed by atoms with Crippen LogP contribution in [0.2, 0.25) is 0 Å². The summed E-state index contributed by atoms with van der Waals surface area (Å²) in [5.74, 6) is -0.328. The highest BCUT2D eigenvalue weighted by Crippen LogP contribution is 2.33. The molecule has 1 aliphatic rings. The van der Waals surface area contributed by atoms with Crippen molar-refractivity contribution in [2.45, 2.75) is 12.8 Å². The summed E-state index contributed by atoms with van der Waals surface area (Å²) >= 11 is 0. The molecule has 8 heteroatoms. The molecule has 0 atom stereocenters. The number of phenols is 2. The molecular weight excluding hydrogens is 422 g/mol. The van der Waals surface area contributed by atoms with Gasteiger partial charge in [-0.1, -0.05) is 24.3 Å². The van der Waals surface area contributed by atoms with Crippen LogP contribution in [-0.4, -0.2) is 49.3 Å². The van der Waals surface area contributed by atoms with Crippen LogP contribution in [0.5, 0.6) is 11.5 Å². The average Bonchev–Trinajstić information content (AvgIpc) is 3.54. The number of carbonyl (C=O) groups is 1. The highest BCUT2D eigenvalue weighted by Gasteiger charge is 2.19. The number of ether oxygens (including phenoxy) is 1. The summed E-state index contributed by atoms with van der Waals surface area (Å²) in [4.78, 5) is 15.6. The van der Waals surface area contributed by atoms with Crippen molar-refractivity contribution in [3.05, 3.63) is 78.4 Å². The first-order chi connectivity index (χ1) is 16.0. The fourth-order valence-corrected chi connectivity index (χ4v) is 3.36. The zero-order chi connectivity index (χ0) is 23.2. The normalized spacial score (nSPS) is 12.7. The summed E-state index contributed by atoms with van der Waals surface area (Å²) in [6.45, 7) is 2.00. The summed E-state index contributed by atoms with van der Waals surface area (Å²) in [5.41, 5.74) is 1.62. The fraction of sp³-hybridized carbons (Fsp3) is 0.160. The molecule has 0 spiro atoms. The predicted octanol–water partition coefficient (Wildman–Crippen LogP) is 4.51. The molecule has 1 saturated heterocycles. The molecular formula is C25H23N3O5. The molecule has 0 saturated carbocycles. The van der Waals surface area contributed by atoms with Crippen molar-refractivity contribution in [1.82, 2.24) is 14.8 Å². The molecule has 4 aromatic rings. The Balaban J connectivity index is 0.000000459. The number of nitrogens with zero attached hydrogens (tertiary/aromatic N) is 3. The lowest BCUT2D eigenvalue weighted by molar-refractivity contribution is 0.0697. The molecule has 33 heavy (non-hydrogen) atoms. The van der Waals surface area contributed by atoms with Gasteiger partial charge in [0.05, 0.1) is 22.4 Å². The number of carboxylic acids is 1. The van der Waals surface area contributed by atoms with E-state index in [0.29, 0.717) is 22.6 Å². The third-order valence-electron chi connectivity index (χ3n) is 5.08. The van der Waals surface area contributed by atoms with Crippen LogP contribution in [0.15, 0.2) is 72.8 Å². The lowest BCUT2D eigenvalue weighted by Gasteiger charge is -2.07. The minimum absolute atomic E-state index is 0.0298. The average molecular weight is 445 g/mol. The Morgan fingerprint density at radius 3 is 1.91 bits per heavy atom. The van der Waals surface area contributed by atoms with E-state index in [0.717, 1.165) is 13.2 Å². The number of rotatable bonds is 4.